The molecule has 2 N–H and O–H groups in total. The summed E-state index contributed by atoms with van der Waals surface area (Å²) in [6.45, 7) is 12.2. The predicted octanol–water partition coefficient (Wildman–Crippen LogP) is 6.52. The minimum atomic E-state index is -1.47. The van der Waals surface area contributed by atoms with E-state index >= 15 is 0 Å². The maximum absolute atomic E-state index is 10.2. The summed E-state index contributed by atoms with van der Waals surface area (Å²) in [4.78, 5) is 0. The van der Waals surface area contributed by atoms with Crippen LogP contribution in [0.15, 0.2) is 11.6 Å². The molecule has 2 heteroatoms. The largest absolute Gasteiger partial charge is 0.365 e. The molecule has 4 aliphatic carbocycles. The lowest BCUT2D eigenvalue weighted by molar-refractivity contribution is -0.189. The van der Waals surface area contributed by atoms with E-state index in [9.17, 15) is 10.2 Å². The Hall–Kier alpha value is -0.340. The molecular formula is C27H45O2. The van der Waals surface area contributed by atoms with Crippen molar-refractivity contribution in [3.63, 3.8) is 0 Å². The van der Waals surface area contributed by atoms with Crippen LogP contribution in [0.5, 0.6) is 0 Å². The Bertz CT molecular complexity index is 634. The molecule has 3 fully saturated rings. The third-order valence-corrected chi connectivity index (χ3v) is 10.2. The maximum Gasteiger partial charge on any atom is 0.166 e. The van der Waals surface area contributed by atoms with Crippen LogP contribution in [0, 0.1) is 52.8 Å². The fourth-order valence-electron chi connectivity index (χ4n) is 8.50. The molecule has 0 spiro atoms. The van der Waals surface area contributed by atoms with E-state index in [1.54, 1.807) is 0 Å². The van der Waals surface area contributed by atoms with Gasteiger partial charge in [-0.15, -0.1) is 0 Å². The van der Waals surface area contributed by atoms with Gasteiger partial charge < -0.3 is 10.2 Å². The number of rotatable bonds is 5. The van der Waals surface area contributed by atoms with Gasteiger partial charge in [-0.1, -0.05) is 52.7 Å². The lowest BCUT2D eigenvalue weighted by Crippen LogP contribution is -2.52. The normalized spacial score (nSPS) is 44.6. The van der Waals surface area contributed by atoms with Gasteiger partial charge in [0.2, 0.25) is 0 Å². The predicted molar refractivity (Wildman–Crippen MR) is 120 cm³/mol. The molecule has 0 aromatic rings. The van der Waals surface area contributed by atoms with Crippen LogP contribution < -0.4 is 0 Å². The number of allylic oxidation sites excluding steroid dienone is 1. The van der Waals surface area contributed by atoms with E-state index in [-0.39, 0.29) is 5.41 Å². The number of hydrogen-bond donors (Lipinski definition) is 2. The van der Waals surface area contributed by atoms with Crippen molar-refractivity contribution >= 4 is 0 Å². The lowest BCUT2D eigenvalue weighted by atomic mass is 9.46. The molecule has 4 rings (SSSR count). The first-order valence-electron chi connectivity index (χ1n) is 12.5. The smallest absolute Gasteiger partial charge is 0.166 e. The van der Waals surface area contributed by atoms with Crippen LogP contribution in [0.1, 0.15) is 98.8 Å². The highest BCUT2D eigenvalue weighted by atomic mass is 16.5. The fourth-order valence-corrected chi connectivity index (χ4v) is 8.50. The number of hydrogen-bond acceptors (Lipinski definition) is 2. The summed E-state index contributed by atoms with van der Waals surface area (Å²) in [5.41, 5.74) is 2.08. The summed E-state index contributed by atoms with van der Waals surface area (Å²) in [5.74, 6) is 3.39. The molecule has 0 saturated heterocycles. The highest BCUT2D eigenvalue weighted by Crippen LogP contribution is 2.67. The average Bonchev–Trinajstić information content (AvgIpc) is 2.99. The molecule has 0 amide bonds. The maximum atomic E-state index is 10.2. The molecule has 0 aromatic heterocycles. The van der Waals surface area contributed by atoms with Crippen molar-refractivity contribution < 1.29 is 10.2 Å². The summed E-state index contributed by atoms with van der Waals surface area (Å²) < 4.78 is 0. The second-order valence-corrected chi connectivity index (χ2v) is 12.2. The van der Waals surface area contributed by atoms with Crippen molar-refractivity contribution in [2.75, 3.05) is 0 Å². The van der Waals surface area contributed by atoms with Gasteiger partial charge in [0.1, 0.15) is 0 Å². The second-order valence-electron chi connectivity index (χ2n) is 12.2. The quantitative estimate of drug-likeness (QED) is 0.406. The standard InChI is InChI=1S/C27H45O2/c1-18(2)7-6-8-19(3)22-11-12-23-21-10-9-20-17-27(28,29)16-15-25(20,4)24(21)13-14-26(22,23)5/h7,9,18-19,21-24,28-29H,6,8,10-17H2,1-5H3/t19-,21+,22-,23+,24+,25+,26-/m1/s1. The van der Waals surface area contributed by atoms with E-state index < -0.39 is 5.79 Å². The lowest BCUT2D eigenvalue weighted by Gasteiger charge is -2.59. The Morgan fingerprint density at radius 1 is 1.03 bits per heavy atom. The zero-order valence-corrected chi connectivity index (χ0v) is 19.6. The van der Waals surface area contributed by atoms with Crippen LogP contribution in [0.25, 0.3) is 0 Å². The Morgan fingerprint density at radius 2 is 1.79 bits per heavy atom. The van der Waals surface area contributed by atoms with Gasteiger partial charge in [-0.05, 0) is 97.7 Å². The monoisotopic (exact) mass is 401 g/mol. The Kier molecular flexibility index (Phi) is 5.78. The summed E-state index contributed by atoms with van der Waals surface area (Å²) in [6, 6.07) is 0. The highest BCUT2D eigenvalue weighted by Gasteiger charge is 2.59. The van der Waals surface area contributed by atoms with E-state index in [1.165, 1.54) is 50.5 Å². The Balaban J connectivity index is 1.50. The van der Waals surface area contributed by atoms with Gasteiger partial charge >= 0.3 is 0 Å². The van der Waals surface area contributed by atoms with Gasteiger partial charge in [-0.2, -0.15) is 0 Å². The first-order valence-corrected chi connectivity index (χ1v) is 12.5. The zero-order valence-electron chi connectivity index (χ0n) is 19.6. The molecule has 4 aliphatic rings. The van der Waals surface area contributed by atoms with Crippen molar-refractivity contribution in [2.24, 2.45) is 46.3 Å². The van der Waals surface area contributed by atoms with Crippen molar-refractivity contribution in [3.05, 3.63) is 18.1 Å². The third kappa shape index (κ3) is 3.75. The van der Waals surface area contributed by atoms with E-state index in [1.807, 2.05) is 0 Å². The fraction of sp³-hybridized carbons (Fsp3) is 0.889. The molecule has 7 atom stereocenters. The summed E-state index contributed by atoms with van der Waals surface area (Å²) >= 11 is 0. The minimum absolute atomic E-state index is 0.204. The second kappa shape index (κ2) is 7.66. The van der Waals surface area contributed by atoms with Gasteiger partial charge in [-0.3, -0.25) is 0 Å². The van der Waals surface area contributed by atoms with Crippen molar-refractivity contribution in [2.45, 2.75) is 105 Å². The molecule has 0 aliphatic heterocycles. The average molecular weight is 402 g/mol. The zero-order chi connectivity index (χ0) is 21.0. The molecular weight excluding hydrogens is 356 g/mol. The first-order chi connectivity index (χ1) is 13.6. The van der Waals surface area contributed by atoms with Crippen LogP contribution in [-0.2, 0) is 0 Å². The first kappa shape index (κ1) is 21.9. The van der Waals surface area contributed by atoms with Crippen LogP contribution in [-0.4, -0.2) is 16.0 Å². The molecule has 3 saturated carbocycles. The van der Waals surface area contributed by atoms with E-state index in [0.29, 0.717) is 24.2 Å². The van der Waals surface area contributed by atoms with Gasteiger partial charge in [0, 0.05) is 12.8 Å². The highest BCUT2D eigenvalue weighted by molar-refractivity contribution is 5.26. The van der Waals surface area contributed by atoms with E-state index in [4.69, 9.17) is 0 Å². The van der Waals surface area contributed by atoms with E-state index in [0.717, 1.165) is 36.0 Å². The van der Waals surface area contributed by atoms with Crippen molar-refractivity contribution in [3.8, 4) is 0 Å². The number of fused-ring (bicyclic) bond motifs is 5. The summed E-state index contributed by atoms with van der Waals surface area (Å²) in [7, 11) is 0. The van der Waals surface area contributed by atoms with Crippen LogP contribution in [0.3, 0.4) is 0 Å². The minimum Gasteiger partial charge on any atom is -0.365 e. The molecule has 0 heterocycles. The Morgan fingerprint density at radius 3 is 2.52 bits per heavy atom. The molecule has 0 bridgehead atoms. The summed E-state index contributed by atoms with van der Waals surface area (Å²) in [5, 5.41) is 20.5. The summed E-state index contributed by atoms with van der Waals surface area (Å²) in [6.07, 6.45) is 16.3. The van der Waals surface area contributed by atoms with E-state index in [2.05, 4.69) is 47.1 Å². The number of aliphatic hydroxyl groups is 2. The van der Waals surface area contributed by atoms with Crippen LogP contribution >= 0.6 is 0 Å². The van der Waals surface area contributed by atoms with Crippen molar-refractivity contribution in [1.82, 2.24) is 0 Å². The molecule has 0 unspecified atom stereocenters. The van der Waals surface area contributed by atoms with Gasteiger partial charge in [0.25, 0.3) is 0 Å². The van der Waals surface area contributed by atoms with Crippen LogP contribution in [0.4, 0.5) is 0 Å². The van der Waals surface area contributed by atoms with Gasteiger partial charge in [-0.25, -0.2) is 0 Å². The molecule has 29 heavy (non-hydrogen) atoms. The molecule has 165 valence electrons. The van der Waals surface area contributed by atoms with Crippen molar-refractivity contribution in [1.29, 1.82) is 0 Å². The molecule has 0 aromatic carbocycles. The Labute approximate surface area is 179 Å². The van der Waals surface area contributed by atoms with Gasteiger partial charge in [0.15, 0.2) is 5.79 Å². The SMILES string of the molecule is CC(C)[CH]CC[C@@H](C)[C@H]1CC[C@H]2[C@@H]3CC=C4CC(O)(O)CC[C@]4(C)[C@H]3CC[C@]12C. The topological polar surface area (TPSA) is 40.5 Å². The third-order valence-electron chi connectivity index (χ3n) is 10.2. The van der Waals surface area contributed by atoms with Crippen LogP contribution in [0.2, 0.25) is 0 Å². The molecule has 1 radical (unpaired) electrons. The van der Waals surface area contributed by atoms with Gasteiger partial charge in [0.05, 0.1) is 0 Å². The molecule has 2 nitrogen and oxygen atoms in total.